The molecule has 3 nitrogen and oxygen atoms in total. The molecule has 0 aliphatic carbocycles. The average molecular weight is 302 g/mol. The fourth-order valence-corrected chi connectivity index (χ4v) is 2.99. The summed E-state index contributed by atoms with van der Waals surface area (Å²) in [6, 6.07) is 5.18. The van der Waals surface area contributed by atoms with E-state index >= 15 is 0 Å². The van der Waals surface area contributed by atoms with Crippen LogP contribution in [0.5, 0.6) is 5.75 Å². The average Bonchev–Trinajstić information content (AvgIpc) is 2.55. The molecule has 0 saturated carbocycles. The highest BCUT2D eigenvalue weighted by Gasteiger charge is 2.21. The predicted octanol–water partition coefficient (Wildman–Crippen LogP) is 4.02. The number of likely N-dealkylation sites (tertiary alicyclic amines) is 1. The third-order valence-corrected chi connectivity index (χ3v) is 4.35. The number of pyridine rings is 1. The van der Waals surface area contributed by atoms with Gasteiger partial charge in [-0.25, -0.2) is 4.39 Å². The molecule has 0 amide bonds. The molecule has 4 heteroatoms. The standard InChI is InChI=1S/C18H23FN2O/c1-2-3-8-21-9-5-16(6-10-21)22-18-12-14-4-7-20-13-15(14)11-17(18)19/h4,7,11-13,16H,2-3,5-6,8-10H2,1H3. The third-order valence-electron chi connectivity index (χ3n) is 4.35. The van der Waals surface area contributed by atoms with Crippen LogP contribution in [-0.4, -0.2) is 35.6 Å². The zero-order valence-electron chi connectivity index (χ0n) is 13.1. The summed E-state index contributed by atoms with van der Waals surface area (Å²) in [5.74, 6) is 0.0691. The summed E-state index contributed by atoms with van der Waals surface area (Å²) < 4.78 is 20.1. The van der Waals surface area contributed by atoms with Crippen LogP contribution < -0.4 is 4.74 Å². The Bertz CT molecular complexity index is 624. The van der Waals surface area contributed by atoms with E-state index in [1.807, 2.05) is 6.07 Å². The number of rotatable bonds is 5. The summed E-state index contributed by atoms with van der Waals surface area (Å²) in [6.07, 6.45) is 7.93. The lowest BCUT2D eigenvalue weighted by molar-refractivity contribution is 0.0966. The Morgan fingerprint density at radius 2 is 2.09 bits per heavy atom. The van der Waals surface area contributed by atoms with Crippen molar-refractivity contribution in [2.24, 2.45) is 0 Å². The van der Waals surface area contributed by atoms with Crippen LogP contribution in [0.3, 0.4) is 0 Å². The Hall–Kier alpha value is -1.68. The highest BCUT2D eigenvalue weighted by atomic mass is 19.1. The minimum absolute atomic E-state index is 0.117. The highest BCUT2D eigenvalue weighted by Crippen LogP contribution is 2.27. The minimum Gasteiger partial charge on any atom is -0.487 e. The van der Waals surface area contributed by atoms with Crippen LogP contribution >= 0.6 is 0 Å². The summed E-state index contributed by atoms with van der Waals surface area (Å²) in [5.41, 5.74) is 0. The van der Waals surface area contributed by atoms with Crippen molar-refractivity contribution >= 4 is 10.8 Å². The summed E-state index contributed by atoms with van der Waals surface area (Å²) in [4.78, 5) is 6.50. The molecule has 1 aliphatic rings. The van der Waals surface area contributed by atoms with Crippen molar-refractivity contribution in [3.05, 3.63) is 36.4 Å². The van der Waals surface area contributed by atoms with E-state index in [1.54, 1.807) is 18.5 Å². The lowest BCUT2D eigenvalue weighted by Gasteiger charge is -2.32. The lowest BCUT2D eigenvalue weighted by atomic mass is 10.1. The number of hydrogen-bond acceptors (Lipinski definition) is 3. The Morgan fingerprint density at radius 1 is 1.27 bits per heavy atom. The number of ether oxygens (including phenoxy) is 1. The van der Waals surface area contributed by atoms with Crippen molar-refractivity contribution in [1.29, 1.82) is 0 Å². The van der Waals surface area contributed by atoms with E-state index in [2.05, 4.69) is 16.8 Å². The second-order valence-corrected chi connectivity index (χ2v) is 6.02. The molecule has 1 aromatic heterocycles. The van der Waals surface area contributed by atoms with Crippen LogP contribution in [-0.2, 0) is 0 Å². The number of piperidine rings is 1. The molecule has 2 heterocycles. The van der Waals surface area contributed by atoms with Crippen LogP contribution in [0.4, 0.5) is 4.39 Å². The van der Waals surface area contributed by atoms with E-state index in [9.17, 15) is 4.39 Å². The molecular weight excluding hydrogens is 279 g/mol. The first-order valence-corrected chi connectivity index (χ1v) is 8.18. The summed E-state index contributed by atoms with van der Waals surface area (Å²) >= 11 is 0. The Kier molecular flexibility index (Phi) is 4.88. The van der Waals surface area contributed by atoms with Gasteiger partial charge in [0.05, 0.1) is 0 Å². The SMILES string of the molecule is CCCCN1CCC(Oc2cc3ccncc3cc2F)CC1. The van der Waals surface area contributed by atoms with Gasteiger partial charge >= 0.3 is 0 Å². The molecule has 2 aromatic rings. The highest BCUT2D eigenvalue weighted by molar-refractivity contribution is 5.83. The van der Waals surface area contributed by atoms with Crippen molar-refractivity contribution < 1.29 is 9.13 Å². The normalized spacial score (nSPS) is 17.0. The number of fused-ring (bicyclic) bond motifs is 1. The van der Waals surface area contributed by atoms with Gasteiger partial charge in [0, 0.05) is 30.9 Å². The van der Waals surface area contributed by atoms with E-state index in [4.69, 9.17) is 4.74 Å². The van der Waals surface area contributed by atoms with Gasteiger partial charge in [0.1, 0.15) is 6.10 Å². The fourth-order valence-electron chi connectivity index (χ4n) is 2.99. The topological polar surface area (TPSA) is 25.4 Å². The van der Waals surface area contributed by atoms with Gasteiger partial charge in [-0.15, -0.1) is 0 Å². The maximum Gasteiger partial charge on any atom is 0.165 e. The van der Waals surface area contributed by atoms with Crippen LogP contribution in [0.2, 0.25) is 0 Å². The van der Waals surface area contributed by atoms with Crippen molar-refractivity contribution in [3.8, 4) is 5.75 Å². The first kappa shape index (κ1) is 15.2. The molecule has 0 unspecified atom stereocenters. The van der Waals surface area contributed by atoms with E-state index in [0.717, 1.165) is 36.7 Å². The van der Waals surface area contributed by atoms with Crippen molar-refractivity contribution in [1.82, 2.24) is 9.88 Å². The molecular formula is C18H23FN2O. The number of aromatic nitrogens is 1. The summed E-state index contributed by atoms with van der Waals surface area (Å²) in [7, 11) is 0. The van der Waals surface area contributed by atoms with Crippen LogP contribution in [0, 0.1) is 5.82 Å². The van der Waals surface area contributed by atoms with E-state index in [0.29, 0.717) is 5.75 Å². The Morgan fingerprint density at radius 3 is 2.86 bits per heavy atom. The molecule has 0 atom stereocenters. The van der Waals surface area contributed by atoms with Gasteiger partial charge in [0.15, 0.2) is 11.6 Å². The Labute approximate surface area is 131 Å². The molecule has 3 rings (SSSR count). The molecule has 118 valence electrons. The molecule has 22 heavy (non-hydrogen) atoms. The maximum atomic E-state index is 14.2. The smallest absolute Gasteiger partial charge is 0.165 e. The van der Waals surface area contributed by atoms with E-state index in [-0.39, 0.29) is 11.9 Å². The maximum absolute atomic E-state index is 14.2. The van der Waals surface area contributed by atoms with Gasteiger partial charge in [-0.3, -0.25) is 4.98 Å². The molecule has 1 aliphatic heterocycles. The van der Waals surface area contributed by atoms with Gasteiger partial charge in [-0.1, -0.05) is 13.3 Å². The summed E-state index contributed by atoms with van der Waals surface area (Å²) in [5, 5.41) is 1.77. The molecule has 0 bridgehead atoms. The Balaban J connectivity index is 1.63. The summed E-state index contributed by atoms with van der Waals surface area (Å²) in [6.45, 7) is 5.47. The van der Waals surface area contributed by atoms with E-state index in [1.165, 1.54) is 25.5 Å². The fraction of sp³-hybridized carbons (Fsp3) is 0.500. The van der Waals surface area contributed by atoms with Crippen molar-refractivity contribution in [3.63, 3.8) is 0 Å². The quantitative estimate of drug-likeness (QED) is 0.834. The lowest BCUT2D eigenvalue weighted by Crippen LogP contribution is -2.38. The van der Waals surface area contributed by atoms with Gasteiger partial charge < -0.3 is 9.64 Å². The number of hydrogen-bond donors (Lipinski definition) is 0. The van der Waals surface area contributed by atoms with Crippen LogP contribution in [0.1, 0.15) is 32.6 Å². The van der Waals surface area contributed by atoms with Gasteiger partial charge in [0.25, 0.3) is 0 Å². The van der Waals surface area contributed by atoms with Crippen LogP contribution in [0.25, 0.3) is 10.8 Å². The number of halogens is 1. The van der Waals surface area contributed by atoms with Gasteiger partial charge in [-0.2, -0.15) is 0 Å². The molecule has 0 spiro atoms. The van der Waals surface area contributed by atoms with Crippen LogP contribution in [0.15, 0.2) is 30.6 Å². The number of unbranched alkanes of at least 4 members (excludes halogenated alkanes) is 1. The predicted molar refractivity (Wildman–Crippen MR) is 86.7 cm³/mol. The number of benzene rings is 1. The molecule has 0 N–H and O–H groups in total. The third kappa shape index (κ3) is 3.55. The van der Waals surface area contributed by atoms with Gasteiger partial charge in [-0.05, 0) is 49.4 Å². The van der Waals surface area contributed by atoms with Crippen molar-refractivity contribution in [2.75, 3.05) is 19.6 Å². The number of nitrogens with zero attached hydrogens (tertiary/aromatic N) is 2. The van der Waals surface area contributed by atoms with Crippen molar-refractivity contribution in [2.45, 2.75) is 38.7 Å². The minimum atomic E-state index is -0.297. The molecule has 1 aromatic carbocycles. The first-order valence-electron chi connectivity index (χ1n) is 8.18. The molecule has 1 saturated heterocycles. The zero-order valence-corrected chi connectivity index (χ0v) is 13.1. The van der Waals surface area contributed by atoms with E-state index < -0.39 is 0 Å². The van der Waals surface area contributed by atoms with Gasteiger partial charge in [0.2, 0.25) is 0 Å². The molecule has 1 fully saturated rings. The first-order chi connectivity index (χ1) is 10.8. The second-order valence-electron chi connectivity index (χ2n) is 6.02. The zero-order chi connectivity index (χ0) is 15.4. The monoisotopic (exact) mass is 302 g/mol. The second kappa shape index (κ2) is 7.05. The largest absolute Gasteiger partial charge is 0.487 e. The molecule has 0 radical (unpaired) electrons.